The molecule has 0 fully saturated rings. The molecule has 1 aliphatic rings. The second kappa shape index (κ2) is 3.40. The van der Waals surface area contributed by atoms with Crippen molar-refractivity contribution in [2.45, 2.75) is 32.8 Å². The zero-order chi connectivity index (χ0) is 10.9. The summed E-state index contributed by atoms with van der Waals surface area (Å²) < 4.78 is 5.17. The predicted octanol–water partition coefficient (Wildman–Crippen LogP) is 1.78. The zero-order valence-electron chi connectivity index (χ0n) is 8.72. The van der Waals surface area contributed by atoms with Gasteiger partial charge in [0, 0.05) is 6.42 Å². The molecule has 1 atom stereocenters. The maximum atomic E-state index is 11.4. The van der Waals surface area contributed by atoms with Crippen LogP contribution in [0.25, 0.3) is 0 Å². The van der Waals surface area contributed by atoms with E-state index in [0.29, 0.717) is 12.0 Å². The minimum atomic E-state index is -0.681. The third-order valence-electron chi connectivity index (χ3n) is 2.58. The van der Waals surface area contributed by atoms with Gasteiger partial charge in [-0.25, -0.2) is 4.79 Å². The van der Waals surface area contributed by atoms with Crippen LogP contribution in [0.15, 0.2) is 23.8 Å². The Kier molecular flexibility index (Phi) is 2.60. The molecule has 0 aromatic rings. The standard InChI is InChI=1S/C11H14O3/c1-5-6-11(4)7(2)9(8(3)12)10(13)14-11/h5H,1,6H2,2-4H3. The third-order valence-corrected chi connectivity index (χ3v) is 2.58. The van der Waals surface area contributed by atoms with Crippen LogP contribution in [0.5, 0.6) is 0 Å². The lowest BCUT2D eigenvalue weighted by atomic mass is 9.91. The highest BCUT2D eigenvalue weighted by atomic mass is 16.6. The van der Waals surface area contributed by atoms with E-state index in [4.69, 9.17) is 4.74 Å². The van der Waals surface area contributed by atoms with Crippen LogP contribution in [0.1, 0.15) is 27.2 Å². The van der Waals surface area contributed by atoms with Gasteiger partial charge in [0.1, 0.15) is 11.2 Å². The second-order valence-electron chi connectivity index (χ2n) is 3.67. The normalized spacial score (nSPS) is 26.4. The van der Waals surface area contributed by atoms with Gasteiger partial charge in [0.15, 0.2) is 5.78 Å². The minimum Gasteiger partial charge on any atom is -0.451 e. The van der Waals surface area contributed by atoms with Crippen LogP contribution >= 0.6 is 0 Å². The Morgan fingerprint density at radius 1 is 1.64 bits per heavy atom. The van der Waals surface area contributed by atoms with Gasteiger partial charge in [0.25, 0.3) is 0 Å². The molecule has 0 aliphatic carbocycles. The first-order valence-electron chi connectivity index (χ1n) is 4.49. The largest absolute Gasteiger partial charge is 0.451 e. The lowest BCUT2D eigenvalue weighted by molar-refractivity contribution is -0.146. The summed E-state index contributed by atoms with van der Waals surface area (Å²) in [6, 6.07) is 0. The smallest absolute Gasteiger partial charge is 0.342 e. The predicted molar refractivity (Wildman–Crippen MR) is 52.7 cm³/mol. The highest BCUT2D eigenvalue weighted by Gasteiger charge is 2.42. The van der Waals surface area contributed by atoms with E-state index in [1.165, 1.54) is 6.92 Å². The van der Waals surface area contributed by atoms with Gasteiger partial charge in [-0.3, -0.25) is 4.79 Å². The van der Waals surface area contributed by atoms with Gasteiger partial charge < -0.3 is 4.74 Å². The molecule has 1 aliphatic heterocycles. The SMILES string of the molecule is C=CCC1(C)OC(=O)C(C(C)=O)=C1C. The summed E-state index contributed by atoms with van der Waals surface area (Å²) in [4.78, 5) is 22.6. The second-order valence-corrected chi connectivity index (χ2v) is 3.67. The number of ketones is 1. The highest BCUT2D eigenvalue weighted by molar-refractivity contribution is 6.18. The maximum Gasteiger partial charge on any atom is 0.342 e. The molecule has 14 heavy (non-hydrogen) atoms. The first kappa shape index (κ1) is 10.7. The number of cyclic esters (lactones) is 1. The molecular formula is C11H14O3. The fraction of sp³-hybridized carbons (Fsp3) is 0.455. The molecule has 0 aromatic carbocycles. The molecule has 0 radical (unpaired) electrons. The van der Waals surface area contributed by atoms with Crippen molar-refractivity contribution in [2.24, 2.45) is 0 Å². The Morgan fingerprint density at radius 3 is 2.57 bits per heavy atom. The molecule has 0 saturated heterocycles. The van der Waals surface area contributed by atoms with Crippen molar-refractivity contribution in [3.63, 3.8) is 0 Å². The number of ether oxygens (including phenoxy) is 1. The third kappa shape index (κ3) is 1.50. The molecule has 1 heterocycles. The van der Waals surface area contributed by atoms with Crippen LogP contribution in [-0.4, -0.2) is 17.4 Å². The van der Waals surface area contributed by atoms with E-state index in [9.17, 15) is 9.59 Å². The van der Waals surface area contributed by atoms with Gasteiger partial charge in [-0.15, -0.1) is 6.58 Å². The average Bonchev–Trinajstić information content (AvgIpc) is 2.23. The fourth-order valence-electron chi connectivity index (χ4n) is 1.63. The molecule has 0 bridgehead atoms. The van der Waals surface area contributed by atoms with Gasteiger partial charge in [-0.2, -0.15) is 0 Å². The number of hydrogen-bond donors (Lipinski definition) is 0. The zero-order valence-corrected chi connectivity index (χ0v) is 8.72. The molecule has 3 nitrogen and oxygen atoms in total. The van der Waals surface area contributed by atoms with Crippen molar-refractivity contribution in [1.82, 2.24) is 0 Å². The number of carbonyl (C=O) groups is 2. The van der Waals surface area contributed by atoms with E-state index >= 15 is 0 Å². The van der Waals surface area contributed by atoms with Crippen molar-refractivity contribution in [1.29, 1.82) is 0 Å². The molecule has 0 saturated carbocycles. The molecule has 1 unspecified atom stereocenters. The quantitative estimate of drug-likeness (QED) is 0.391. The molecule has 0 spiro atoms. The van der Waals surface area contributed by atoms with Gasteiger partial charge >= 0.3 is 5.97 Å². The average molecular weight is 194 g/mol. The van der Waals surface area contributed by atoms with E-state index in [1.54, 1.807) is 19.9 Å². The molecule has 1 rings (SSSR count). The summed E-state index contributed by atoms with van der Waals surface area (Å²) in [5.74, 6) is -0.750. The topological polar surface area (TPSA) is 43.4 Å². The van der Waals surface area contributed by atoms with Gasteiger partial charge in [0.2, 0.25) is 0 Å². The molecule has 76 valence electrons. The monoisotopic (exact) mass is 194 g/mol. The van der Waals surface area contributed by atoms with Crippen molar-refractivity contribution in [3.05, 3.63) is 23.8 Å². The number of Topliss-reactive ketones (excluding diaryl/α,β-unsaturated/α-hetero) is 1. The maximum absolute atomic E-state index is 11.4. The lowest BCUT2D eigenvalue weighted by Gasteiger charge is -2.22. The van der Waals surface area contributed by atoms with E-state index in [1.807, 2.05) is 0 Å². The van der Waals surface area contributed by atoms with Crippen LogP contribution in [0.2, 0.25) is 0 Å². The van der Waals surface area contributed by atoms with E-state index in [0.717, 1.165) is 0 Å². The van der Waals surface area contributed by atoms with E-state index in [-0.39, 0.29) is 11.4 Å². The van der Waals surface area contributed by atoms with Crippen LogP contribution in [-0.2, 0) is 14.3 Å². The fourth-order valence-corrected chi connectivity index (χ4v) is 1.63. The molecule has 3 heteroatoms. The van der Waals surface area contributed by atoms with Crippen molar-refractivity contribution in [2.75, 3.05) is 0 Å². The van der Waals surface area contributed by atoms with Crippen LogP contribution in [0.3, 0.4) is 0 Å². The molecule has 0 aromatic heterocycles. The van der Waals surface area contributed by atoms with Gasteiger partial charge in [0.05, 0.1) is 0 Å². The lowest BCUT2D eigenvalue weighted by Crippen LogP contribution is -2.26. The summed E-state index contributed by atoms with van der Waals surface area (Å²) in [5, 5.41) is 0. The molecule has 0 amide bonds. The highest BCUT2D eigenvalue weighted by Crippen LogP contribution is 2.35. The molecule has 0 N–H and O–H groups in total. The Labute approximate surface area is 83.4 Å². The van der Waals surface area contributed by atoms with E-state index < -0.39 is 11.6 Å². The summed E-state index contributed by atoms with van der Waals surface area (Å²) in [7, 11) is 0. The van der Waals surface area contributed by atoms with Crippen molar-refractivity contribution in [3.8, 4) is 0 Å². The number of rotatable bonds is 3. The number of hydrogen-bond acceptors (Lipinski definition) is 3. The van der Waals surface area contributed by atoms with Gasteiger partial charge in [-0.05, 0) is 26.3 Å². The first-order valence-corrected chi connectivity index (χ1v) is 4.49. The molecular weight excluding hydrogens is 180 g/mol. The first-order chi connectivity index (χ1) is 6.42. The van der Waals surface area contributed by atoms with Gasteiger partial charge in [-0.1, -0.05) is 6.08 Å². The van der Waals surface area contributed by atoms with Crippen molar-refractivity contribution < 1.29 is 14.3 Å². The summed E-state index contributed by atoms with van der Waals surface area (Å²) >= 11 is 0. The Hall–Kier alpha value is -1.38. The number of esters is 1. The van der Waals surface area contributed by atoms with Crippen LogP contribution in [0, 0.1) is 0 Å². The summed E-state index contributed by atoms with van der Waals surface area (Å²) in [6.45, 7) is 8.52. The minimum absolute atomic E-state index is 0.189. The Bertz CT molecular complexity index is 338. The Balaban J connectivity index is 3.15. The van der Waals surface area contributed by atoms with E-state index in [2.05, 4.69) is 6.58 Å². The van der Waals surface area contributed by atoms with Crippen LogP contribution < -0.4 is 0 Å². The van der Waals surface area contributed by atoms with Crippen molar-refractivity contribution >= 4 is 11.8 Å². The summed E-state index contributed by atoms with van der Waals surface area (Å²) in [6.07, 6.45) is 2.21. The number of carbonyl (C=O) groups excluding carboxylic acids is 2. The van der Waals surface area contributed by atoms with Crippen LogP contribution in [0.4, 0.5) is 0 Å². The Morgan fingerprint density at radius 2 is 2.21 bits per heavy atom. The summed E-state index contributed by atoms with van der Waals surface area (Å²) in [5.41, 5.74) is 0.212.